The van der Waals surface area contributed by atoms with Crippen molar-refractivity contribution in [2.24, 2.45) is 0 Å². The van der Waals surface area contributed by atoms with Gasteiger partial charge in [0.2, 0.25) is 0 Å². The lowest BCUT2D eigenvalue weighted by atomic mass is 9.93. The fourth-order valence-corrected chi connectivity index (χ4v) is 8.04. The lowest BCUT2D eigenvalue weighted by Gasteiger charge is -2.33. The van der Waals surface area contributed by atoms with Crippen molar-refractivity contribution < 1.29 is 0 Å². The van der Waals surface area contributed by atoms with Crippen molar-refractivity contribution in [2.75, 3.05) is 0 Å². The lowest BCUT2D eigenvalue weighted by Crippen LogP contribution is -2.22. The number of fused-ring (bicyclic) bond motifs is 4. The highest BCUT2D eigenvalue weighted by Gasteiger charge is 2.36. The summed E-state index contributed by atoms with van der Waals surface area (Å²) in [4.78, 5) is 15.6. The summed E-state index contributed by atoms with van der Waals surface area (Å²) in [6.07, 6.45) is 0. The number of benzene rings is 6. The number of aromatic nitrogens is 4. The minimum atomic E-state index is -0.162. The van der Waals surface area contributed by atoms with Gasteiger partial charge in [-0.2, -0.15) is 0 Å². The van der Waals surface area contributed by atoms with E-state index in [1.807, 2.05) is 42.1 Å². The zero-order chi connectivity index (χ0) is 33.0. The van der Waals surface area contributed by atoms with Crippen molar-refractivity contribution in [3.05, 3.63) is 163 Å². The van der Waals surface area contributed by atoms with Crippen molar-refractivity contribution in [1.29, 1.82) is 0 Å². The molecule has 0 aliphatic carbocycles. The molecule has 9 rings (SSSR count). The zero-order valence-corrected chi connectivity index (χ0v) is 28.0. The molecule has 3 heterocycles. The Labute approximate surface area is 290 Å². The second-order valence-electron chi connectivity index (χ2n) is 12.9. The SMILES string of the molecule is CC1(C)Sc2nc(-c3ccccc3)c(-c3ccccc3)n2-c2cc(-c3cccc(-c4nc5ccccc5nc4-c4ccccc4)c3)ccc21. The summed E-state index contributed by atoms with van der Waals surface area (Å²) in [6, 6.07) is 55.2. The van der Waals surface area contributed by atoms with Gasteiger partial charge in [-0.05, 0) is 54.8 Å². The summed E-state index contributed by atoms with van der Waals surface area (Å²) in [5.74, 6) is 0. The number of imidazole rings is 1. The monoisotopic (exact) mass is 648 g/mol. The molecular weight excluding hydrogens is 617 g/mol. The number of hydrogen-bond donors (Lipinski definition) is 0. The topological polar surface area (TPSA) is 43.6 Å². The van der Waals surface area contributed by atoms with Crippen LogP contribution in [-0.4, -0.2) is 19.5 Å². The molecular formula is C44H32N4S. The van der Waals surface area contributed by atoms with E-state index in [1.165, 1.54) is 5.56 Å². The maximum atomic E-state index is 5.32. The van der Waals surface area contributed by atoms with Crippen LogP contribution in [0.5, 0.6) is 0 Å². The Morgan fingerprint density at radius 3 is 1.61 bits per heavy atom. The summed E-state index contributed by atoms with van der Waals surface area (Å²) >= 11 is 1.82. The first-order chi connectivity index (χ1) is 24.0. The Morgan fingerprint density at radius 1 is 0.449 bits per heavy atom. The molecule has 0 saturated heterocycles. The zero-order valence-electron chi connectivity index (χ0n) is 27.2. The van der Waals surface area contributed by atoms with Crippen molar-refractivity contribution >= 4 is 22.8 Å². The van der Waals surface area contributed by atoms with Gasteiger partial charge in [-0.3, -0.25) is 4.57 Å². The van der Waals surface area contributed by atoms with E-state index in [2.05, 4.69) is 146 Å². The predicted molar refractivity (Wildman–Crippen MR) is 203 cm³/mol. The number of thioether (sulfide) groups is 1. The van der Waals surface area contributed by atoms with E-state index in [0.717, 1.165) is 78.0 Å². The summed E-state index contributed by atoms with van der Waals surface area (Å²) in [7, 11) is 0. The van der Waals surface area contributed by atoms with Gasteiger partial charge in [-0.25, -0.2) is 15.0 Å². The Kier molecular flexibility index (Phi) is 7.03. The Bertz CT molecular complexity index is 2490. The first-order valence-electron chi connectivity index (χ1n) is 16.5. The van der Waals surface area contributed by atoms with Crippen LogP contribution in [0.3, 0.4) is 0 Å². The molecule has 0 bridgehead atoms. The van der Waals surface area contributed by atoms with Crippen LogP contribution in [0.1, 0.15) is 19.4 Å². The molecule has 0 unspecified atom stereocenters. The van der Waals surface area contributed by atoms with Gasteiger partial charge in [-0.15, -0.1) is 0 Å². The highest BCUT2D eigenvalue weighted by molar-refractivity contribution is 8.00. The van der Waals surface area contributed by atoms with Gasteiger partial charge in [0, 0.05) is 27.0 Å². The number of para-hydroxylation sites is 2. The van der Waals surface area contributed by atoms with Gasteiger partial charge < -0.3 is 0 Å². The molecule has 0 atom stereocenters. The quantitative estimate of drug-likeness (QED) is 0.186. The third-order valence-corrected chi connectivity index (χ3v) is 10.4. The maximum absolute atomic E-state index is 5.32. The first kappa shape index (κ1) is 29.4. The number of hydrogen-bond acceptors (Lipinski definition) is 4. The Balaban J connectivity index is 1.23. The van der Waals surface area contributed by atoms with Gasteiger partial charge in [0.1, 0.15) is 0 Å². The smallest absolute Gasteiger partial charge is 0.174 e. The van der Waals surface area contributed by atoms with Crippen LogP contribution in [0.25, 0.3) is 72.9 Å². The molecule has 0 fully saturated rings. The van der Waals surface area contributed by atoms with Gasteiger partial charge in [0.15, 0.2) is 5.16 Å². The minimum Gasteiger partial charge on any atom is -0.286 e. The molecule has 6 aromatic carbocycles. The fraction of sp³-hybridized carbons (Fsp3) is 0.0682. The van der Waals surface area contributed by atoms with Crippen LogP contribution in [-0.2, 0) is 4.75 Å². The van der Waals surface area contributed by atoms with Crippen LogP contribution >= 0.6 is 11.8 Å². The molecule has 49 heavy (non-hydrogen) atoms. The minimum absolute atomic E-state index is 0.162. The molecule has 0 radical (unpaired) electrons. The molecule has 1 aliphatic rings. The van der Waals surface area contributed by atoms with Crippen molar-refractivity contribution in [3.8, 4) is 61.8 Å². The third-order valence-electron chi connectivity index (χ3n) is 9.26. The third kappa shape index (κ3) is 5.14. The number of nitrogens with zero attached hydrogens (tertiary/aromatic N) is 4. The lowest BCUT2D eigenvalue weighted by molar-refractivity contribution is 0.724. The van der Waals surface area contributed by atoms with Gasteiger partial charge in [0.05, 0.1) is 39.5 Å². The van der Waals surface area contributed by atoms with E-state index >= 15 is 0 Å². The fourth-order valence-electron chi connectivity index (χ4n) is 6.88. The number of rotatable bonds is 5. The van der Waals surface area contributed by atoms with Crippen molar-refractivity contribution in [3.63, 3.8) is 0 Å². The first-order valence-corrected chi connectivity index (χ1v) is 17.4. The molecule has 2 aromatic heterocycles. The summed E-state index contributed by atoms with van der Waals surface area (Å²) in [6.45, 7) is 4.59. The molecule has 0 amide bonds. The maximum Gasteiger partial charge on any atom is 0.174 e. The van der Waals surface area contributed by atoms with Gasteiger partial charge >= 0.3 is 0 Å². The van der Waals surface area contributed by atoms with E-state index in [-0.39, 0.29) is 4.75 Å². The average molecular weight is 649 g/mol. The van der Waals surface area contributed by atoms with Gasteiger partial charge in [-0.1, -0.05) is 145 Å². The van der Waals surface area contributed by atoms with Gasteiger partial charge in [0.25, 0.3) is 0 Å². The normalized spacial score (nSPS) is 13.2. The van der Waals surface area contributed by atoms with Crippen LogP contribution in [0.15, 0.2) is 163 Å². The molecule has 4 nitrogen and oxygen atoms in total. The second kappa shape index (κ2) is 11.7. The molecule has 0 N–H and O–H groups in total. The van der Waals surface area contributed by atoms with Crippen LogP contribution < -0.4 is 0 Å². The molecule has 234 valence electrons. The highest BCUT2D eigenvalue weighted by Crippen LogP contribution is 2.52. The largest absolute Gasteiger partial charge is 0.286 e. The van der Waals surface area contributed by atoms with Crippen molar-refractivity contribution in [2.45, 2.75) is 23.8 Å². The summed E-state index contributed by atoms with van der Waals surface area (Å²) < 4.78 is 2.21. The summed E-state index contributed by atoms with van der Waals surface area (Å²) in [5, 5.41) is 1.00. The highest BCUT2D eigenvalue weighted by atomic mass is 32.2. The molecule has 0 spiro atoms. The Hall–Kier alpha value is -5.78. The van der Waals surface area contributed by atoms with E-state index in [9.17, 15) is 0 Å². The van der Waals surface area contributed by atoms with Crippen LogP contribution in [0.4, 0.5) is 0 Å². The van der Waals surface area contributed by atoms with E-state index in [0.29, 0.717) is 0 Å². The van der Waals surface area contributed by atoms with E-state index in [4.69, 9.17) is 15.0 Å². The van der Waals surface area contributed by atoms with Crippen molar-refractivity contribution in [1.82, 2.24) is 19.5 Å². The molecule has 0 saturated carbocycles. The predicted octanol–water partition coefficient (Wildman–Crippen LogP) is 11.5. The molecule has 1 aliphatic heterocycles. The van der Waals surface area contributed by atoms with Crippen LogP contribution in [0, 0.1) is 0 Å². The standard InChI is InChI=1S/C44H32N4S/c1-44(2)35-26-25-33(28-38(35)48-42(31-19-10-5-11-20-31)41(47-43(48)49-44)30-17-8-4-9-18-30)32-21-14-22-34(27-32)40-39(29-15-6-3-7-16-29)45-36-23-12-13-24-37(36)46-40/h3-28H,1-2H3. The average Bonchev–Trinajstić information content (AvgIpc) is 3.54. The van der Waals surface area contributed by atoms with E-state index < -0.39 is 0 Å². The Morgan fingerprint density at radius 2 is 0.959 bits per heavy atom. The summed E-state index contributed by atoms with van der Waals surface area (Å²) in [5.41, 5.74) is 14.6. The van der Waals surface area contributed by atoms with E-state index in [1.54, 1.807) is 0 Å². The van der Waals surface area contributed by atoms with Crippen LogP contribution in [0.2, 0.25) is 0 Å². The molecule has 5 heteroatoms. The second-order valence-corrected chi connectivity index (χ2v) is 14.4. The molecule has 8 aromatic rings.